The summed E-state index contributed by atoms with van der Waals surface area (Å²) in [4.78, 5) is 8.35. The molecule has 0 radical (unpaired) electrons. The Morgan fingerprint density at radius 2 is 2.07 bits per heavy atom. The van der Waals surface area contributed by atoms with Crippen LogP contribution in [0.15, 0.2) is 53.8 Å². The van der Waals surface area contributed by atoms with Crippen LogP contribution in [0, 0.1) is 0 Å². The molecule has 0 fully saturated rings. The van der Waals surface area contributed by atoms with Gasteiger partial charge in [0.05, 0.1) is 24.3 Å². The summed E-state index contributed by atoms with van der Waals surface area (Å²) in [7, 11) is 0. The number of halogens is 3. The predicted molar refractivity (Wildman–Crippen MR) is 98.7 cm³/mol. The topological polar surface area (TPSA) is 58.5 Å². The van der Waals surface area contributed by atoms with Crippen molar-refractivity contribution in [3.63, 3.8) is 0 Å². The third-order valence-corrected chi connectivity index (χ3v) is 3.68. The second-order valence-electron chi connectivity index (χ2n) is 5.79. The van der Waals surface area contributed by atoms with Crippen molar-refractivity contribution in [2.45, 2.75) is 26.1 Å². The lowest BCUT2D eigenvalue weighted by molar-refractivity contribution is -0.137. The van der Waals surface area contributed by atoms with E-state index in [2.05, 4.69) is 20.6 Å². The molecule has 2 N–H and O–H groups in total. The second kappa shape index (κ2) is 9.80. The monoisotopic (exact) mass is 380 g/mol. The van der Waals surface area contributed by atoms with Gasteiger partial charge in [-0.15, -0.1) is 0 Å². The van der Waals surface area contributed by atoms with E-state index >= 15 is 0 Å². The minimum atomic E-state index is -4.36. The fraction of sp³-hybridized carbons (Fsp3) is 0.368. The molecule has 0 aliphatic carbocycles. The molecule has 0 saturated carbocycles. The molecule has 0 aliphatic heterocycles. The summed E-state index contributed by atoms with van der Waals surface area (Å²) < 4.78 is 44.2. The Morgan fingerprint density at radius 1 is 1.26 bits per heavy atom. The summed E-state index contributed by atoms with van der Waals surface area (Å²) >= 11 is 0. The number of nitrogens with one attached hydrogen (secondary N) is 2. The number of pyridine rings is 1. The van der Waals surface area contributed by atoms with Crippen molar-refractivity contribution >= 4 is 5.96 Å². The smallest absolute Gasteiger partial charge is 0.416 e. The summed E-state index contributed by atoms with van der Waals surface area (Å²) in [6, 6.07) is 8.50. The molecule has 0 saturated heterocycles. The average Bonchev–Trinajstić information content (AvgIpc) is 2.65. The van der Waals surface area contributed by atoms with Crippen LogP contribution in [-0.2, 0) is 6.18 Å². The Balaban J connectivity index is 1.95. The van der Waals surface area contributed by atoms with E-state index in [0.29, 0.717) is 37.0 Å². The van der Waals surface area contributed by atoms with Crippen LogP contribution in [0.25, 0.3) is 0 Å². The SMILES string of the molecule is CCNC(=NCCOc1cccnc1)NC(C)c1cccc(C(F)(F)F)c1. The zero-order valence-electron chi connectivity index (χ0n) is 15.3. The fourth-order valence-corrected chi connectivity index (χ4v) is 2.35. The van der Waals surface area contributed by atoms with E-state index in [1.807, 2.05) is 6.92 Å². The molecule has 146 valence electrons. The minimum absolute atomic E-state index is 0.343. The maximum absolute atomic E-state index is 12.9. The molecule has 2 aromatic rings. The van der Waals surface area contributed by atoms with Gasteiger partial charge in [0.2, 0.25) is 0 Å². The first-order valence-electron chi connectivity index (χ1n) is 8.65. The number of aliphatic imine (C=N–C) groups is 1. The zero-order chi connectivity index (χ0) is 19.7. The number of hydrogen-bond acceptors (Lipinski definition) is 3. The molecule has 0 bridgehead atoms. The molecule has 2 rings (SSSR count). The van der Waals surface area contributed by atoms with E-state index in [-0.39, 0.29) is 6.04 Å². The van der Waals surface area contributed by atoms with Gasteiger partial charge in [0, 0.05) is 12.7 Å². The molecule has 5 nitrogen and oxygen atoms in total. The zero-order valence-corrected chi connectivity index (χ0v) is 15.3. The highest BCUT2D eigenvalue weighted by molar-refractivity contribution is 5.80. The van der Waals surface area contributed by atoms with Gasteiger partial charge in [0.15, 0.2) is 5.96 Å². The molecule has 1 atom stereocenters. The van der Waals surface area contributed by atoms with Crippen molar-refractivity contribution in [2.24, 2.45) is 4.99 Å². The summed E-state index contributed by atoms with van der Waals surface area (Å²) in [5, 5.41) is 6.19. The molecule has 0 amide bonds. The Bertz CT molecular complexity index is 735. The van der Waals surface area contributed by atoms with E-state index < -0.39 is 11.7 Å². The lowest BCUT2D eigenvalue weighted by atomic mass is 10.1. The van der Waals surface area contributed by atoms with Gasteiger partial charge in [0.1, 0.15) is 12.4 Å². The van der Waals surface area contributed by atoms with Gasteiger partial charge in [-0.05, 0) is 43.7 Å². The first kappa shape index (κ1) is 20.5. The molecular weight excluding hydrogens is 357 g/mol. The standard InChI is InChI=1S/C19H23F3N4O/c1-3-24-18(25-10-11-27-17-8-5-9-23-13-17)26-14(2)15-6-4-7-16(12-15)19(20,21)22/h4-9,12-14H,3,10-11H2,1-2H3,(H2,24,25,26). The van der Waals surface area contributed by atoms with Crippen molar-refractivity contribution in [3.8, 4) is 5.75 Å². The van der Waals surface area contributed by atoms with Crippen LogP contribution >= 0.6 is 0 Å². The van der Waals surface area contributed by atoms with Gasteiger partial charge in [-0.2, -0.15) is 13.2 Å². The van der Waals surface area contributed by atoms with Gasteiger partial charge in [-0.1, -0.05) is 12.1 Å². The fourth-order valence-electron chi connectivity index (χ4n) is 2.35. The molecule has 1 aromatic heterocycles. The lowest BCUT2D eigenvalue weighted by Crippen LogP contribution is -2.39. The van der Waals surface area contributed by atoms with Crippen LogP contribution < -0.4 is 15.4 Å². The summed E-state index contributed by atoms with van der Waals surface area (Å²) in [6.45, 7) is 5.08. The Labute approximate surface area is 156 Å². The van der Waals surface area contributed by atoms with Crippen molar-refractivity contribution in [1.82, 2.24) is 15.6 Å². The van der Waals surface area contributed by atoms with Crippen LogP contribution in [0.5, 0.6) is 5.75 Å². The highest BCUT2D eigenvalue weighted by Gasteiger charge is 2.30. The number of guanidine groups is 1. The Morgan fingerprint density at radius 3 is 2.74 bits per heavy atom. The van der Waals surface area contributed by atoms with Crippen LogP contribution in [0.3, 0.4) is 0 Å². The van der Waals surface area contributed by atoms with Crippen LogP contribution in [0.1, 0.15) is 31.0 Å². The first-order chi connectivity index (χ1) is 12.9. The van der Waals surface area contributed by atoms with E-state index in [1.165, 1.54) is 6.07 Å². The van der Waals surface area contributed by atoms with Crippen LogP contribution in [0.4, 0.5) is 13.2 Å². The first-order valence-corrected chi connectivity index (χ1v) is 8.65. The van der Waals surface area contributed by atoms with Crippen LogP contribution in [0.2, 0.25) is 0 Å². The molecule has 1 unspecified atom stereocenters. The van der Waals surface area contributed by atoms with Crippen molar-refractivity contribution in [3.05, 3.63) is 59.9 Å². The number of alkyl halides is 3. The van der Waals surface area contributed by atoms with Gasteiger partial charge >= 0.3 is 6.18 Å². The van der Waals surface area contributed by atoms with Gasteiger partial charge in [0.25, 0.3) is 0 Å². The van der Waals surface area contributed by atoms with E-state index in [9.17, 15) is 13.2 Å². The quantitative estimate of drug-likeness (QED) is 0.436. The van der Waals surface area contributed by atoms with Crippen LogP contribution in [-0.4, -0.2) is 30.6 Å². The normalized spacial score (nSPS) is 13.1. The molecule has 1 aromatic carbocycles. The third-order valence-electron chi connectivity index (χ3n) is 3.68. The highest BCUT2D eigenvalue weighted by atomic mass is 19.4. The molecule has 0 spiro atoms. The number of aromatic nitrogens is 1. The lowest BCUT2D eigenvalue weighted by Gasteiger charge is -2.19. The largest absolute Gasteiger partial charge is 0.490 e. The average molecular weight is 380 g/mol. The van der Waals surface area contributed by atoms with E-state index in [0.717, 1.165) is 12.1 Å². The Kier molecular flexibility index (Phi) is 7.45. The summed E-state index contributed by atoms with van der Waals surface area (Å²) in [6.07, 6.45) is -1.09. The molecule has 27 heavy (non-hydrogen) atoms. The van der Waals surface area contributed by atoms with E-state index in [4.69, 9.17) is 4.74 Å². The summed E-state index contributed by atoms with van der Waals surface area (Å²) in [5.74, 6) is 1.17. The van der Waals surface area contributed by atoms with Gasteiger partial charge < -0.3 is 15.4 Å². The maximum atomic E-state index is 12.9. The number of rotatable bonds is 7. The van der Waals surface area contributed by atoms with Crippen molar-refractivity contribution in [1.29, 1.82) is 0 Å². The van der Waals surface area contributed by atoms with Crippen molar-refractivity contribution in [2.75, 3.05) is 19.7 Å². The molecular formula is C19H23F3N4O. The number of nitrogens with zero attached hydrogens (tertiary/aromatic N) is 2. The van der Waals surface area contributed by atoms with Gasteiger partial charge in [-0.3, -0.25) is 4.98 Å². The summed E-state index contributed by atoms with van der Waals surface area (Å²) in [5.41, 5.74) is -0.137. The van der Waals surface area contributed by atoms with Gasteiger partial charge in [-0.25, -0.2) is 4.99 Å². The molecule has 1 heterocycles. The maximum Gasteiger partial charge on any atom is 0.416 e. The van der Waals surface area contributed by atoms with E-state index in [1.54, 1.807) is 37.5 Å². The second-order valence-corrected chi connectivity index (χ2v) is 5.79. The Hall–Kier alpha value is -2.77. The minimum Gasteiger partial charge on any atom is -0.490 e. The number of ether oxygens (including phenoxy) is 1. The molecule has 0 aliphatic rings. The highest BCUT2D eigenvalue weighted by Crippen LogP contribution is 2.30. The van der Waals surface area contributed by atoms with Crippen molar-refractivity contribution < 1.29 is 17.9 Å². The predicted octanol–water partition coefficient (Wildman–Crippen LogP) is 3.80. The third kappa shape index (κ3) is 6.80. The molecule has 8 heteroatoms. The number of hydrogen-bond donors (Lipinski definition) is 2. The number of benzene rings is 1.